The lowest BCUT2D eigenvalue weighted by molar-refractivity contribution is -0.113. The van der Waals surface area contributed by atoms with E-state index in [1.807, 2.05) is 36.4 Å². The molecule has 2 aromatic rings. The largest absolute Gasteiger partial charge is 0.486 e. The highest BCUT2D eigenvalue weighted by Crippen LogP contribution is 2.34. The van der Waals surface area contributed by atoms with Crippen molar-refractivity contribution in [2.45, 2.75) is 4.90 Å². The third kappa shape index (κ3) is 4.43. The molecule has 2 aromatic carbocycles. The lowest BCUT2D eigenvalue weighted by atomic mass is 10.3. The van der Waals surface area contributed by atoms with Gasteiger partial charge in [0.25, 0.3) is 0 Å². The third-order valence-electron chi connectivity index (χ3n) is 3.09. The van der Waals surface area contributed by atoms with Crippen molar-refractivity contribution in [2.75, 3.05) is 24.3 Å². The predicted octanol–water partition coefficient (Wildman–Crippen LogP) is 4.71. The molecule has 1 aliphatic rings. The van der Waals surface area contributed by atoms with Gasteiger partial charge in [0.2, 0.25) is 5.91 Å². The Balaban J connectivity index is 1.58. The van der Waals surface area contributed by atoms with E-state index in [9.17, 15) is 4.79 Å². The van der Waals surface area contributed by atoms with E-state index in [4.69, 9.17) is 9.47 Å². The molecule has 1 N–H and O–H groups in total. The van der Waals surface area contributed by atoms with Crippen molar-refractivity contribution in [3.05, 3.63) is 45.3 Å². The summed E-state index contributed by atoms with van der Waals surface area (Å²) in [4.78, 5) is 13.1. The van der Waals surface area contributed by atoms with Crippen LogP contribution in [0.4, 0.5) is 5.69 Å². The van der Waals surface area contributed by atoms with Gasteiger partial charge in [0, 0.05) is 13.8 Å². The van der Waals surface area contributed by atoms with Crippen LogP contribution < -0.4 is 14.8 Å². The summed E-state index contributed by atoms with van der Waals surface area (Å²) in [5.74, 6) is 1.75. The molecule has 0 spiro atoms. The Morgan fingerprint density at radius 3 is 2.65 bits per heavy atom. The van der Waals surface area contributed by atoms with Gasteiger partial charge in [-0.3, -0.25) is 4.79 Å². The first-order chi connectivity index (χ1) is 11.1. The van der Waals surface area contributed by atoms with Gasteiger partial charge in [0.1, 0.15) is 13.2 Å². The molecule has 0 aromatic heterocycles. The smallest absolute Gasteiger partial charge is 0.234 e. The highest BCUT2D eigenvalue weighted by molar-refractivity contribution is 9.11. The zero-order chi connectivity index (χ0) is 16.2. The monoisotopic (exact) mass is 457 g/mol. The van der Waals surface area contributed by atoms with Crippen molar-refractivity contribution in [2.24, 2.45) is 0 Å². The molecule has 7 heteroatoms. The fourth-order valence-corrected chi connectivity index (χ4v) is 3.91. The molecule has 23 heavy (non-hydrogen) atoms. The van der Waals surface area contributed by atoms with Crippen LogP contribution in [0.15, 0.2) is 50.2 Å². The van der Waals surface area contributed by atoms with E-state index in [0.29, 0.717) is 19.0 Å². The summed E-state index contributed by atoms with van der Waals surface area (Å²) in [6.45, 7) is 1.13. The van der Waals surface area contributed by atoms with Gasteiger partial charge in [-0.15, -0.1) is 11.8 Å². The maximum atomic E-state index is 12.1. The molecule has 1 heterocycles. The number of fused-ring (bicyclic) bond motifs is 1. The van der Waals surface area contributed by atoms with Crippen LogP contribution in [0.5, 0.6) is 11.5 Å². The van der Waals surface area contributed by atoms with Gasteiger partial charge in [-0.2, -0.15) is 0 Å². The molecule has 1 aliphatic heterocycles. The number of hydrogen-bond donors (Lipinski definition) is 1. The highest BCUT2D eigenvalue weighted by atomic mass is 79.9. The van der Waals surface area contributed by atoms with Gasteiger partial charge < -0.3 is 14.8 Å². The molecule has 0 aliphatic carbocycles. The van der Waals surface area contributed by atoms with Crippen LogP contribution in [0.3, 0.4) is 0 Å². The molecular formula is C16H13Br2NO3S. The van der Waals surface area contributed by atoms with Gasteiger partial charge in [0.15, 0.2) is 11.5 Å². The minimum atomic E-state index is -0.0621. The zero-order valence-corrected chi connectivity index (χ0v) is 16.0. The summed E-state index contributed by atoms with van der Waals surface area (Å²) in [6.07, 6.45) is 0. The number of halogens is 2. The molecule has 0 bridgehead atoms. The van der Waals surface area contributed by atoms with Gasteiger partial charge in [0.05, 0.1) is 11.4 Å². The number of amides is 1. The Labute approximate surface area is 155 Å². The zero-order valence-electron chi connectivity index (χ0n) is 12.0. The summed E-state index contributed by atoms with van der Waals surface area (Å²) in [5, 5.41) is 2.89. The second-order valence-corrected chi connectivity index (χ2v) is 7.59. The Morgan fingerprint density at radius 2 is 1.87 bits per heavy atom. The minimum absolute atomic E-state index is 0.0621. The summed E-state index contributed by atoms with van der Waals surface area (Å²) in [6, 6.07) is 11.3. The van der Waals surface area contributed by atoms with Crippen molar-refractivity contribution in [3.63, 3.8) is 0 Å². The summed E-state index contributed by atoms with van der Waals surface area (Å²) in [5.41, 5.74) is 0.751. The first-order valence-electron chi connectivity index (χ1n) is 6.89. The average Bonchev–Trinajstić information content (AvgIpc) is 2.55. The molecule has 3 rings (SSSR count). The van der Waals surface area contributed by atoms with Crippen LogP contribution in [0, 0.1) is 0 Å². The molecular weight excluding hydrogens is 446 g/mol. The molecule has 0 unspecified atom stereocenters. The molecule has 0 saturated carbocycles. The van der Waals surface area contributed by atoms with Crippen LogP contribution in [0.1, 0.15) is 0 Å². The van der Waals surface area contributed by atoms with Crippen molar-refractivity contribution >= 4 is 55.2 Å². The van der Waals surface area contributed by atoms with Crippen molar-refractivity contribution in [3.8, 4) is 11.5 Å². The van der Waals surface area contributed by atoms with Gasteiger partial charge >= 0.3 is 0 Å². The van der Waals surface area contributed by atoms with Crippen molar-refractivity contribution in [1.29, 1.82) is 0 Å². The molecule has 0 radical (unpaired) electrons. The van der Waals surface area contributed by atoms with E-state index in [1.54, 1.807) is 0 Å². The Morgan fingerprint density at radius 1 is 1.09 bits per heavy atom. The van der Waals surface area contributed by atoms with E-state index in [2.05, 4.69) is 37.2 Å². The lowest BCUT2D eigenvalue weighted by Gasteiger charge is -2.18. The molecule has 4 nitrogen and oxygen atoms in total. The van der Waals surface area contributed by atoms with Gasteiger partial charge in [-0.05, 0) is 52.3 Å². The Bertz CT molecular complexity index is 739. The predicted molar refractivity (Wildman–Crippen MR) is 98.6 cm³/mol. The number of carbonyl (C=O) groups is 1. The number of carbonyl (C=O) groups excluding carboxylic acids is 1. The molecule has 120 valence electrons. The van der Waals surface area contributed by atoms with Crippen molar-refractivity contribution in [1.82, 2.24) is 0 Å². The Kier molecular flexibility index (Phi) is 5.50. The van der Waals surface area contributed by atoms with Crippen LogP contribution in [0.25, 0.3) is 0 Å². The SMILES string of the molecule is O=C(CSc1ccc2c(c1)OCCO2)Nc1ccc(Br)cc1Br. The Hall–Kier alpha value is -1.18. The number of ether oxygens (including phenoxy) is 2. The van der Waals surface area contributed by atoms with Crippen LogP contribution in [0.2, 0.25) is 0 Å². The van der Waals surface area contributed by atoms with E-state index >= 15 is 0 Å². The number of benzene rings is 2. The third-order valence-corrected chi connectivity index (χ3v) is 5.23. The van der Waals surface area contributed by atoms with E-state index < -0.39 is 0 Å². The average molecular weight is 459 g/mol. The number of rotatable bonds is 4. The lowest BCUT2D eigenvalue weighted by Crippen LogP contribution is -2.15. The van der Waals surface area contributed by atoms with E-state index in [1.165, 1.54) is 11.8 Å². The maximum absolute atomic E-state index is 12.1. The second kappa shape index (κ2) is 7.59. The normalized spacial score (nSPS) is 12.8. The van der Waals surface area contributed by atoms with Crippen LogP contribution in [-0.4, -0.2) is 24.9 Å². The van der Waals surface area contributed by atoms with E-state index in [-0.39, 0.29) is 5.91 Å². The van der Waals surface area contributed by atoms with Gasteiger partial charge in [-0.1, -0.05) is 15.9 Å². The first-order valence-corrected chi connectivity index (χ1v) is 9.46. The standard InChI is InChI=1S/C16H13Br2NO3S/c17-10-1-3-13(12(18)7-10)19-16(20)9-23-11-2-4-14-15(8-11)22-6-5-21-14/h1-4,7-8H,5-6,9H2,(H,19,20). The molecule has 1 amide bonds. The highest BCUT2D eigenvalue weighted by Gasteiger charge is 2.13. The summed E-state index contributed by atoms with van der Waals surface area (Å²) < 4.78 is 12.8. The number of hydrogen-bond acceptors (Lipinski definition) is 4. The topological polar surface area (TPSA) is 47.6 Å². The molecule has 0 atom stereocenters. The summed E-state index contributed by atoms with van der Waals surface area (Å²) in [7, 11) is 0. The first kappa shape index (κ1) is 16.7. The molecule has 0 saturated heterocycles. The number of nitrogens with one attached hydrogen (secondary N) is 1. The van der Waals surface area contributed by atoms with Gasteiger partial charge in [-0.25, -0.2) is 0 Å². The van der Waals surface area contributed by atoms with Crippen molar-refractivity contribution < 1.29 is 14.3 Å². The second-order valence-electron chi connectivity index (χ2n) is 4.77. The fourth-order valence-electron chi connectivity index (χ4n) is 2.04. The fraction of sp³-hybridized carbons (Fsp3) is 0.188. The number of anilines is 1. The van der Waals surface area contributed by atoms with Crippen LogP contribution in [-0.2, 0) is 4.79 Å². The number of thioether (sulfide) groups is 1. The summed E-state index contributed by atoms with van der Waals surface area (Å²) >= 11 is 8.27. The van der Waals surface area contributed by atoms with Crippen LogP contribution >= 0.6 is 43.6 Å². The quantitative estimate of drug-likeness (QED) is 0.673. The maximum Gasteiger partial charge on any atom is 0.234 e. The minimum Gasteiger partial charge on any atom is -0.486 e. The van der Waals surface area contributed by atoms with E-state index in [0.717, 1.165) is 31.0 Å². The molecule has 0 fully saturated rings.